The lowest BCUT2D eigenvalue weighted by molar-refractivity contribution is -0.145. The van der Waals surface area contributed by atoms with Gasteiger partial charge in [0.15, 0.2) is 18.1 Å². The van der Waals surface area contributed by atoms with Crippen molar-refractivity contribution in [2.45, 2.75) is 27.2 Å². The maximum absolute atomic E-state index is 12.1. The number of carbonyl (C=O) groups is 3. The molecule has 10 heteroatoms. The van der Waals surface area contributed by atoms with Gasteiger partial charge in [0.25, 0.3) is 0 Å². The number of nitrogens with zero attached hydrogens (tertiary/aromatic N) is 1. The van der Waals surface area contributed by atoms with Crippen LogP contribution in [-0.2, 0) is 19.1 Å². The number of methoxy groups -OCH3 is 1. The number of carbonyl (C=O) groups excluding carboxylic acids is 3. The quantitative estimate of drug-likeness (QED) is 0.150. The first-order chi connectivity index (χ1) is 15.7. The van der Waals surface area contributed by atoms with Crippen molar-refractivity contribution in [1.82, 2.24) is 5.43 Å². The number of esters is 1. The van der Waals surface area contributed by atoms with Gasteiger partial charge >= 0.3 is 5.97 Å². The Balaban J connectivity index is 1.93. The Morgan fingerprint density at radius 3 is 2.52 bits per heavy atom. The smallest absolute Gasteiger partial charge is 0.344 e. The molecule has 0 unspecified atom stereocenters. The third-order valence-electron chi connectivity index (χ3n) is 4.41. The van der Waals surface area contributed by atoms with Gasteiger partial charge in [-0.25, -0.2) is 10.2 Å². The van der Waals surface area contributed by atoms with Crippen LogP contribution in [0.2, 0.25) is 0 Å². The fraction of sp³-hybridized carbons (Fsp3) is 0.304. The van der Waals surface area contributed by atoms with Crippen LogP contribution in [-0.4, -0.2) is 44.3 Å². The van der Waals surface area contributed by atoms with E-state index in [1.807, 2.05) is 48.6 Å². The summed E-state index contributed by atoms with van der Waals surface area (Å²) in [4.78, 5) is 35.6. The molecule has 2 N–H and O–H groups in total. The van der Waals surface area contributed by atoms with Gasteiger partial charge in [0.05, 0.1) is 23.5 Å². The minimum Gasteiger partial charge on any atom is -0.493 e. The van der Waals surface area contributed by atoms with Crippen molar-refractivity contribution in [3.05, 3.63) is 50.6 Å². The predicted octanol–water partition coefficient (Wildman–Crippen LogP) is 3.34. The molecule has 0 bridgehead atoms. The molecule has 0 aliphatic carbocycles. The Morgan fingerprint density at radius 2 is 1.85 bits per heavy atom. The Kier molecular flexibility index (Phi) is 10.1. The molecule has 0 heterocycles. The zero-order valence-electron chi connectivity index (χ0n) is 18.9. The van der Waals surface area contributed by atoms with E-state index in [9.17, 15) is 14.4 Å². The van der Waals surface area contributed by atoms with Gasteiger partial charge in [-0.2, -0.15) is 5.10 Å². The van der Waals surface area contributed by atoms with Gasteiger partial charge in [0.2, 0.25) is 11.8 Å². The van der Waals surface area contributed by atoms with Gasteiger partial charge in [0, 0.05) is 5.69 Å². The summed E-state index contributed by atoms with van der Waals surface area (Å²) < 4.78 is 16.4. The standard InChI is InChI=1S/C23H26IN3O6/c1-5-32-22(30)13-33-23-18(24)9-16(10-19(23)31-4)12-25-27-21(29)11-20(28)26-17-7-6-14(2)15(3)8-17/h6-10,12H,5,11,13H2,1-4H3,(H,26,28)(H,27,29). The number of aryl methyl sites for hydroxylation is 2. The number of ether oxygens (including phenoxy) is 3. The summed E-state index contributed by atoms with van der Waals surface area (Å²) in [6.07, 6.45) is 1.05. The van der Waals surface area contributed by atoms with Crippen LogP contribution in [0.3, 0.4) is 0 Å². The molecule has 176 valence electrons. The molecule has 0 radical (unpaired) electrons. The average Bonchev–Trinajstić information content (AvgIpc) is 2.75. The molecule has 2 aromatic carbocycles. The van der Waals surface area contributed by atoms with Gasteiger partial charge < -0.3 is 19.5 Å². The zero-order valence-corrected chi connectivity index (χ0v) is 21.0. The fourth-order valence-corrected chi connectivity index (χ4v) is 3.46. The lowest BCUT2D eigenvalue weighted by Gasteiger charge is -2.13. The second-order valence-corrected chi connectivity index (χ2v) is 8.11. The number of hydrazone groups is 1. The van der Waals surface area contributed by atoms with Crippen LogP contribution in [0.5, 0.6) is 11.5 Å². The summed E-state index contributed by atoms with van der Waals surface area (Å²) in [7, 11) is 1.47. The Hall–Kier alpha value is -3.15. The first kappa shape index (κ1) is 26.1. The van der Waals surface area contributed by atoms with Gasteiger partial charge in [-0.1, -0.05) is 6.07 Å². The maximum atomic E-state index is 12.1. The van der Waals surface area contributed by atoms with Crippen LogP contribution in [0.4, 0.5) is 5.69 Å². The Labute approximate surface area is 206 Å². The summed E-state index contributed by atoms with van der Waals surface area (Å²) in [5.41, 5.74) is 5.74. The second kappa shape index (κ2) is 12.8. The number of benzene rings is 2. The SMILES string of the molecule is CCOC(=O)COc1c(I)cc(C=NNC(=O)CC(=O)Nc2ccc(C)c(C)c2)cc1OC. The lowest BCUT2D eigenvalue weighted by Crippen LogP contribution is -2.24. The van der Waals surface area contributed by atoms with E-state index in [4.69, 9.17) is 14.2 Å². The van der Waals surface area contributed by atoms with Crippen LogP contribution in [0.25, 0.3) is 0 Å². The van der Waals surface area contributed by atoms with E-state index in [2.05, 4.69) is 15.8 Å². The first-order valence-electron chi connectivity index (χ1n) is 10.1. The fourth-order valence-electron chi connectivity index (χ4n) is 2.68. The highest BCUT2D eigenvalue weighted by Gasteiger charge is 2.14. The summed E-state index contributed by atoms with van der Waals surface area (Å²) >= 11 is 2.04. The van der Waals surface area contributed by atoms with E-state index in [0.29, 0.717) is 26.3 Å². The number of hydrogen-bond donors (Lipinski definition) is 2. The molecule has 0 fully saturated rings. The highest BCUT2D eigenvalue weighted by atomic mass is 127. The molecule has 0 saturated heterocycles. The average molecular weight is 567 g/mol. The Morgan fingerprint density at radius 1 is 1.09 bits per heavy atom. The maximum Gasteiger partial charge on any atom is 0.344 e. The van der Waals surface area contributed by atoms with Crippen molar-refractivity contribution in [3.63, 3.8) is 0 Å². The molecule has 2 rings (SSSR count). The topological polar surface area (TPSA) is 115 Å². The zero-order chi connectivity index (χ0) is 24.4. The third-order valence-corrected chi connectivity index (χ3v) is 5.21. The molecule has 0 aromatic heterocycles. The van der Waals surface area contributed by atoms with Crippen LogP contribution < -0.4 is 20.2 Å². The summed E-state index contributed by atoms with van der Waals surface area (Å²) in [5.74, 6) is -0.679. The summed E-state index contributed by atoms with van der Waals surface area (Å²) in [6.45, 7) is 5.67. The summed E-state index contributed by atoms with van der Waals surface area (Å²) in [5, 5.41) is 6.58. The van der Waals surface area contributed by atoms with E-state index in [1.165, 1.54) is 13.3 Å². The highest BCUT2D eigenvalue weighted by Crippen LogP contribution is 2.33. The van der Waals surface area contributed by atoms with E-state index in [1.54, 1.807) is 25.1 Å². The number of amides is 2. The van der Waals surface area contributed by atoms with Crippen LogP contribution in [0.15, 0.2) is 35.4 Å². The third kappa shape index (κ3) is 8.37. The monoisotopic (exact) mass is 567 g/mol. The van der Waals surface area contributed by atoms with Gasteiger partial charge in [0.1, 0.15) is 6.42 Å². The number of rotatable bonds is 10. The molecule has 2 aromatic rings. The van der Waals surface area contributed by atoms with Crippen molar-refractivity contribution in [2.75, 3.05) is 25.6 Å². The largest absolute Gasteiger partial charge is 0.493 e. The minimum atomic E-state index is -0.552. The van der Waals surface area contributed by atoms with E-state index in [-0.39, 0.29) is 19.6 Å². The number of hydrogen-bond acceptors (Lipinski definition) is 7. The number of nitrogens with one attached hydrogen (secondary N) is 2. The van der Waals surface area contributed by atoms with Crippen LogP contribution in [0.1, 0.15) is 30.0 Å². The van der Waals surface area contributed by atoms with Crippen LogP contribution >= 0.6 is 22.6 Å². The van der Waals surface area contributed by atoms with E-state index >= 15 is 0 Å². The van der Waals surface area contributed by atoms with Gasteiger partial charge in [-0.15, -0.1) is 0 Å². The van der Waals surface area contributed by atoms with Crippen molar-refractivity contribution < 1.29 is 28.6 Å². The molecular weight excluding hydrogens is 541 g/mol. The highest BCUT2D eigenvalue weighted by molar-refractivity contribution is 14.1. The van der Waals surface area contributed by atoms with Crippen molar-refractivity contribution in [3.8, 4) is 11.5 Å². The molecule has 0 saturated carbocycles. The van der Waals surface area contributed by atoms with Gasteiger partial charge in [-0.05, 0) is 84.3 Å². The minimum absolute atomic E-state index is 0.242. The van der Waals surface area contributed by atoms with E-state index in [0.717, 1.165) is 11.1 Å². The van der Waals surface area contributed by atoms with E-state index < -0.39 is 17.8 Å². The predicted molar refractivity (Wildman–Crippen MR) is 133 cm³/mol. The molecule has 0 aliphatic rings. The van der Waals surface area contributed by atoms with Gasteiger partial charge in [-0.3, -0.25) is 9.59 Å². The summed E-state index contributed by atoms with van der Waals surface area (Å²) in [6, 6.07) is 8.92. The van der Waals surface area contributed by atoms with Crippen molar-refractivity contribution in [1.29, 1.82) is 0 Å². The molecule has 9 nitrogen and oxygen atoms in total. The number of anilines is 1. The molecular formula is C23H26IN3O6. The molecule has 0 aliphatic heterocycles. The molecule has 0 atom stereocenters. The van der Waals surface area contributed by atoms with Crippen molar-refractivity contribution in [2.24, 2.45) is 5.10 Å². The number of halogens is 1. The Bertz CT molecular complexity index is 1050. The molecule has 33 heavy (non-hydrogen) atoms. The first-order valence-corrected chi connectivity index (χ1v) is 11.2. The molecule has 2 amide bonds. The molecule has 0 spiro atoms. The van der Waals surface area contributed by atoms with Crippen molar-refractivity contribution >= 4 is 52.3 Å². The second-order valence-electron chi connectivity index (χ2n) is 6.94. The lowest BCUT2D eigenvalue weighted by atomic mass is 10.1. The van der Waals surface area contributed by atoms with Crippen LogP contribution in [0, 0.1) is 17.4 Å². The normalized spacial score (nSPS) is 10.6.